The Labute approximate surface area is 149 Å². The quantitative estimate of drug-likeness (QED) is 0.630. The number of amides is 2. The lowest BCUT2D eigenvalue weighted by Gasteiger charge is -2.14. The third kappa shape index (κ3) is 2.66. The van der Waals surface area contributed by atoms with Gasteiger partial charge >= 0.3 is 0 Å². The Morgan fingerprint density at radius 3 is 2.20 bits per heavy atom. The summed E-state index contributed by atoms with van der Waals surface area (Å²) < 4.78 is 5.82. The molecule has 0 spiro atoms. The van der Waals surface area contributed by atoms with Crippen LogP contribution in [0.4, 0.5) is 5.69 Å². The van der Waals surface area contributed by atoms with Crippen LogP contribution in [0.3, 0.4) is 0 Å². The summed E-state index contributed by atoms with van der Waals surface area (Å²) in [6.45, 7) is 0. The molecule has 0 saturated carbocycles. The number of hydrogen-bond acceptors (Lipinski definition) is 3. The third-order valence-electron chi connectivity index (χ3n) is 3.93. The Bertz CT molecular complexity index is 968. The van der Waals surface area contributed by atoms with Crippen molar-refractivity contribution in [3.8, 4) is 11.5 Å². The van der Waals surface area contributed by atoms with Crippen molar-refractivity contribution in [2.75, 3.05) is 4.90 Å². The van der Waals surface area contributed by atoms with Gasteiger partial charge in [0.15, 0.2) is 0 Å². The van der Waals surface area contributed by atoms with Crippen molar-refractivity contribution in [2.45, 2.75) is 0 Å². The van der Waals surface area contributed by atoms with Crippen molar-refractivity contribution >= 4 is 29.1 Å². The molecule has 0 fully saturated rings. The van der Waals surface area contributed by atoms with E-state index in [4.69, 9.17) is 16.3 Å². The molecule has 3 aromatic rings. The Kier molecular flexibility index (Phi) is 3.75. The lowest BCUT2D eigenvalue weighted by molar-refractivity contribution is 0.0925. The molecule has 0 radical (unpaired) electrons. The number of carbonyl (C=O) groups is 2. The van der Waals surface area contributed by atoms with Crippen molar-refractivity contribution in [3.05, 3.63) is 88.9 Å². The number of nitrogens with zero attached hydrogens (tertiary/aromatic N) is 1. The summed E-state index contributed by atoms with van der Waals surface area (Å²) in [5, 5.41) is 0.536. The number of benzene rings is 3. The number of halogens is 1. The largest absolute Gasteiger partial charge is 0.457 e. The standard InChI is InChI=1S/C20H12ClNO3/c21-13-9-11-14(12-10-13)22-19(23)16-7-4-8-17(18(16)20(22)24)25-15-5-2-1-3-6-15/h1-12H. The molecular weight excluding hydrogens is 338 g/mol. The fourth-order valence-electron chi connectivity index (χ4n) is 2.78. The molecular formula is C20H12ClNO3. The minimum absolute atomic E-state index is 0.270. The zero-order valence-corrected chi connectivity index (χ0v) is 13.7. The van der Waals surface area contributed by atoms with E-state index in [0.717, 1.165) is 4.90 Å². The average molecular weight is 350 g/mol. The molecule has 25 heavy (non-hydrogen) atoms. The first kappa shape index (κ1) is 15.4. The summed E-state index contributed by atoms with van der Waals surface area (Å²) >= 11 is 5.89. The van der Waals surface area contributed by atoms with Crippen LogP contribution in [0, 0.1) is 0 Å². The van der Waals surface area contributed by atoms with Crippen molar-refractivity contribution < 1.29 is 14.3 Å². The van der Waals surface area contributed by atoms with Gasteiger partial charge in [-0.05, 0) is 48.5 Å². The molecule has 1 aliphatic heterocycles. The van der Waals surface area contributed by atoms with Crippen molar-refractivity contribution in [1.82, 2.24) is 0 Å². The summed E-state index contributed by atoms with van der Waals surface area (Å²) in [6.07, 6.45) is 0. The molecule has 0 bridgehead atoms. The predicted octanol–water partition coefficient (Wildman–Crippen LogP) is 4.93. The Morgan fingerprint density at radius 2 is 1.48 bits per heavy atom. The van der Waals surface area contributed by atoms with Crippen LogP contribution in [0.1, 0.15) is 20.7 Å². The number of rotatable bonds is 3. The Balaban J connectivity index is 1.76. The van der Waals surface area contributed by atoms with E-state index in [0.29, 0.717) is 27.8 Å². The van der Waals surface area contributed by atoms with E-state index >= 15 is 0 Å². The number of anilines is 1. The van der Waals surface area contributed by atoms with Gasteiger partial charge < -0.3 is 4.74 Å². The summed E-state index contributed by atoms with van der Waals surface area (Å²) in [6, 6.07) is 20.7. The van der Waals surface area contributed by atoms with Gasteiger partial charge in [0, 0.05) is 5.02 Å². The van der Waals surface area contributed by atoms with Gasteiger partial charge in [-0.3, -0.25) is 9.59 Å². The van der Waals surface area contributed by atoms with E-state index in [2.05, 4.69) is 0 Å². The van der Waals surface area contributed by atoms with E-state index in [1.807, 2.05) is 18.2 Å². The van der Waals surface area contributed by atoms with E-state index in [9.17, 15) is 9.59 Å². The fraction of sp³-hybridized carbons (Fsp3) is 0. The van der Waals surface area contributed by atoms with Gasteiger partial charge in [0.25, 0.3) is 11.8 Å². The maximum atomic E-state index is 12.9. The molecule has 2 amide bonds. The van der Waals surface area contributed by atoms with Crippen molar-refractivity contribution in [1.29, 1.82) is 0 Å². The number of para-hydroxylation sites is 1. The molecule has 5 heteroatoms. The molecule has 0 aromatic heterocycles. The number of ether oxygens (including phenoxy) is 1. The first-order valence-electron chi connectivity index (χ1n) is 7.65. The summed E-state index contributed by atoms with van der Waals surface area (Å²) in [5.74, 6) is 0.175. The van der Waals surface area contributed by atoms with Gasteiger partial charge in [0.2, 0.25) is 0 Å². The number of imide groups is 1. The molecule has 4 nitrogen and oxygen atoms in total. The lowest BCUT2D eigenvalue weighted by atomic mass is 10.1. The van der Waals surface area contributed by atoms with Gasteiger partial charge in [-0.2, -0.15) is 0 Å². The van der Waals surface area contributed by atoms with Crippen LogP contribution in [0.2, 0.25) is 5.02 Å². The summed E-state index contributed by atoms with van der Waals surface area (Å²) in [5.41, 5.74) is 1.07. The normalized spacial score (nSPS) is 13.1. The van der Waals surface area contributed by atoms with E-state index in [1.54, 1.807) is 54.6 Å². The third-order valence-corrected chi connectivity index (χ3v) is 4.18. The fourth-order valence-corrected chi connectivity index (χ4v) is 2.91. The SMILES string of the molecule is O=C1c2cccc(Oc3ccccc3)c2C(=O)N1c1ccc(Cl)cc1. The Morgan fingerprint density at radius 1 is 0.760 bits per heavy atom. The van der Waals surface area contributed by atoms with Gasteiger partial charge in [-0.15, -0.1) is 0 Å². The van der Waals surface area contributed by atoms with Crippen LogP contribution in [0.15, 0.2) is 72.8 Å². The maximum Gasteiger partial charge on any atom is 0.269 e. The molecule has 122 valence electrons. The lowest BCUT2D eigenvalue weighted by Crippen LogP contribution is -2.29. The molecule has 0 saturated heterocycles. The molecule has 3 aromatic carbocycles. The van der Waals surface area contributed by atoms with Crippen LogP contribution >= 0.6 is 11.6 Å². The van der Waals surface area contributed by atoms with Crippen LogP contribution < -0.4 is 9.64 Å². The Hall–Kier alpha value is -3.11. The second-order valence-electron chi connectivity index (χ2n) is 5.52. The molecule has 1 aliphatic rings. The van der Waals surface area contributed by atoms with Gasteiger partial charge in [0.1, 0.15) is 11.5 Å². The first-order valence-corrected chi connectivity index (χ1v) is 8.03. The monoisotopic (exact) mass is 349 g/mol. The van der Waals surface area contributed by atoms with Crippen LogP contribution in [-0.4, -0.2) is 11.8 Å². The number of carbonyl (C=O) groups excluding carboxylic acids is 2. The second kappa shape index (κ2) is 6.07. The molecule has 1 heterocycles. The van der Waals surface area contributed by atoms with Gasteiger partial charge in [-0.1, -0.05) is 35.9 Å². The summed E-state index contributed by atoms with van der Waals surface area (Å²) in [7, 11) is 0. The zero-order valence-electron chi connectivity index (χ0n) is 13.0. The topological polar surface area (TPSA) is 46.6 Å². The average Bonchev–Trinajstić information content (AvgIpc) is 2.89. The predicted molar refractivity (Wildman–Crippen MR) is 95.6 cm³/mol. The highest BCUT2D eigenvalue weighted by molar-refractivity contribution is 6.35. The molecule has 4 rings (SSSR count). The van der Waals surface area contributed by atoms with Gasteiger partial charge in [0.05, 0.1) is 16.8 Å². The van der Waals surface area contributed by atoms with E-state index in [1.165, 1.54) is 0 Å². The number of fused-ring (bicyclic) bond motifs is 1. The highest BCUT2D eigenvalue weighted by Crippen LogP contribution is 2.36. The molecule has 0 unspecified atom stereocenters. The molecule has 0 aliphatic carbocycles. The minimum Gasteiger partial charge on any atom is -0.457 e. The maximum absolute atomic E-state index is 12.9. The summed E-state index contributed by atoms with van der Waals surface area (Å²) in [4.78, 5) is 26.7. The number of hydrogen-bond donors (Lipinski definition) is 0. The minimum atomic E-state index is -0.408. The smallest absolute Gasteiger partial charge is 0.269 e. The first-order chi connectivity index (χ1) is 12.1. The second-order valence-corrected chi connectivity index (χ2v) is 5.95. The highest BCUT2D eigenvalue weighted by atomic mass is 35.5. The highest BCUT2D eigenvalue weighted by Gasteiger charge is 2.39. The van der Waals surface area contributed by atoms with Crippen LogP contribution in [0.5, 0.6) is 11.5 Å². The van der Waals surface area contributed by atoms with E-state index in [-0.39, 0.29) is 11.5 Å². The van der Waals surface area contributed by atoms with Gasteiger partial charge in [-0.25, -0.2) is 4.90 Å². The van der Waals surface area contributed by atoms with E-state index < -0.39 is 5.91 Å². The van der Waals surface area contributed by atoms with Crippen molar-refractivity contribution in [2.24, 2.45) is 0 Å². The van der Waals surface area contributed by atoms with Crippen LogP contribution in [-0.2, 0) is 0 Å². The molecule has 0 atom stereocenters. The van der Waals surface area contributed by atoms with Crippen LogP contribution in [0.25, 0.3) is 0 Å². The molecule has 0 N–H and O–H groups in total. The zero-order chi connectivity index (χ0) is 17.4. The van der Waals surface area contributed by atoms with Crippen molar-refractivity contribution in [3.63, 3.8) is 0 Å².